The Bertz CT molecular complexity index is 778. The van der Waals surface area contributed by atoms with Crippen molar-refractivity contribution in [1.82, 2.24) is 9.80 Å². The summed E-state index contributed by atoms with van der Waals surface area (Å²) in [6.07, 6.45) is -1.50. The van der Waals surface area contributed by atoms with Gasteiger partial charge in [0, 0.05) is 6.42 Å². The predicted octanol–water partition coefficient (Wildman–Crippen LogP) is 2.91. The van der Waals surface area contributed by atoms with E-state index in [9.17, 15) is 19.5 Å². The number of benzene rings is 1. The van der Waals surface area contributed by atoms with Crippen molar-refractivity contribution in [1.29, 1.82) is 0 Å². The molecule has 0 spiro atoms. The standard InChI is InChI=1S/C22H32N2O7/c1-6-29-18(26)17-12-22(5,14-25)24(15-23(17)19(27)31-21(2,3)4)20(28)30-13-16-10-8-7-9-11-16/h7-11,17,25H,6,12-15H2,1-5H3/t17-,22+/m0/s1. The van der Waals surface area contributed by atoms with Gasteiger partial charge in [0.1, 0.15) is 24.9 Å². The van der Waals surface area contributed by atoms with Crippen molar-refractivity contribution >= 4 is 18.2 Å². The molecule has 9 heteroatoms. The lowest BCUT2D eigenvalue weighted by Crippen LogP contribution is -2.67. The van der Waals surface area contributed by atoms with Crippen LogP contribution >= 0.6 is 0 Å². The van der Waals surface area contributed by atoms with E-state index in [1.165, 1.54) is 4.90 Å². The SMILES string of the molecule is CCOC(=O)[C@@H]1C[C@](C)(CO)N(C(=O)OCc2ccccc2)CN1C(=O)OC(C)(C)C. The molecule has 1 aliphatic heterocycles. The molecule has 2 atom stereocenters. The van der Waals surface area contributed by atoms with E-state index in [1.807, 2.05) is 30.3 Å². The van der Waals surface area contributed by atoms with Crippen LogP contribution in [0.25, 0.3) is 0 Å². The summed E-state index contributed by atoms with van der Waals surface area (Å²) in [5, 5.41) is 10.1. The van der Waals surface area contributed by atoms with Crippen molar-refractivity contribution in [2.45, 2.75) is 64.8 Å². The van der Waals surface area contributed by atoms with E-state index in [4.69, 9.17) is 14.2 Å². The molecule has 1 aliphatic rings. The van der Waals surface area contributed by atoms with Crippen LogP contribution in [0.4, 0.5) is 9.59 Å². The highest BCUT2D eigenvalue weighted by Crippen LogP contribution is 2.32. The van der Waals surface area contributed by atoms with E-state index < -0.39 is 41.9 Å². The zero-order valence-corrected chi connectivity index (χ0v) is 18.8. The molecular formula is C22H32N2O7. The summed E-state index contributed by atoms with van der Waals surface area (Å²) in [6, 6.07) is 8.14. The Morgan fingerprint density at radius 1 is 1.13 bits per heavy atom. The first kappa shape index (κ1) is 24.5. The van der Waals surface area contributed by atoms with Gasteiger partial charge in [0.2, 0.25) is 0 Å². The Kier molecular flexibility index (Phi) is 7.89. The van der Waals surface area contributed by atoms with Crippen LogP contribution in [0.2, 0.25) is 0 Å². The van der Waals surface area contributed by atoms with E-state index in [2.05, 4.69) is 0 Å². The zero-order valence-electron chi connectivity index (χ0n) is 18.8. The van der Waals surface area contributed by atoms with Gasteiger partial charge in [-0.1, -0.05) is 30.3 Å². The molecule has 2 rings (SSSR count). The fourth-order valence-electron chi connectivity index (χ4n) is 3.24. The largest absolute Gasteiger partial charge is 0.464 e. The summed E-state index contributed by atoms with van der Waals surface area (Å²) in [5.74, 6) is -0.620. The molecule has 31 heavy (non-hydrogen) atoms. The molecule has 0 aromatic heterocycles. The van der Waals surface area contributed by atoms with Crippen molar-refractivity contribution in [3.63, 3.8) is 0 Å². The Balaban J connectivity index is 2.27. The molecular weight excluding hydrogens is 404 g/mol. The normalized spacial score (nSPS) is 21.4. The highest BCUT2D eigenvalue weighted by atomic mass is 16.6. The van der Waals surface area contributed by atoms with Crippen LogP contribution in [0.15, 0.2) is 30.3 Å². The van der Waals surface area contributed by atoms with Gasteiger partial charge in [-0.05, 0) is 40.2 Å². The number of rotatable bonds is 5. The van der Waals surface area contributed by atoms with Crippen LogP contribution in [0.3, 0.4) is 0 Å². The van der Waals surface area contributed by atoms with E-state index in [-0.39, 0.29) is 26.3 Å². The Hall–Kier alpha value is -2.81. The summed E-state index contributed by atoms with van der Waals surface area (Å²) >= 11 is 0. The summed E-state index contributed by atoms with van der Waals surface area (Å²) in [7, 11) is 0. The number of hydrogen-bond donors (Lipinski definition) is 1. The molecule has 1 fully saturated rings. The van der Waals surface area contributed by atoms with Gasteiger partial charge < -0.3 is 19.3 Å². The maximum Gasteiger partial charge on any atom is 0.412 e. The smallest absolute Gasteiger partial charge is 0.412 e. The third-order valence-corrected chi connectivity index (χ3v) is 4.91. The first-order chi connectivity index (χ1) is 14.5. The van der Waals surface area contributed by atoms with E-state index in [0.717, 1.165) is 10.5 Å². The van der Waals surface area contributed by atoms with E-state index in [1.54, 1.807) is 34.6 Å². The second kappa shape index (κ2) is 10.00. The van der Waals surface area contributed by atoms with Crippen LogP contribution in [0, 0.1) is 0 Å². The zero-order chi connectivity index (χ0) is 23.2. The van der Waals surface area contributed by atoms with Gasteiger partial charge in [-0.3, -0.25) is 9.80 Å². The van der Waals surface area contributed by atoms with Gasteiger partial charge in [-0.2, -0.15) is 0 Å². The van der Waals surface area contributed by atoms with Crippen LogP contribution in [0.1, 0.15) is 46.6 Å². The number of aliphatic hydroxyl groups is 1. The fraction of sp³-hybridized carbons (Fsp3) is 0.591. The quantitative estimate of drug-likeness (QED) is 0.559. The summed E-state index contributed by atoms with van der Waals surface area (Å²) in [6.45, 7) is 7.87. The van der Waals surface area contributed by atoms with Crippen molar-refractivity contribution < 1.29 is 33.7 Å². The number of amides is 2. The minimum atomic E-state index is -1.14. The molecule has 0 bridgehead atoms. The number of carbonyl (C=O) groups is 3. The Labute approximate surface area is 182 Å². The van der Waals surface area contributed by atoms with Crippen molar-refractivity contribution in [2.24, 2.45) is 0 Å². The molecule has 0 aliphatic carbocycles. The minimum Gasteiger partial charge on any atom is -0.464 e. The average molecular weight is 437 g/mol. The van der Waals surface area contributed by atoms with Crippen molar-refractivity contribution in [2.75, 3.05) is 19.9 Å². The highest BCUT2D eigenvalue weighted by molar-refractivity contribution is 5.83. The maximum absolute atomic E-state index is 12.9. The Morgan fingerprint density at radius 2 is 1.77 bits per heavy atom. The van der Waals surface area contributed by atoms with Crippen LogP contribution in [-0.2, 0) is 25.6 Å². The van der Waals surface area contributed by atoms with Gasteiger partial charge in [0.15, 0.2) is 0 Å². The van der Waals surface area contributed by atoms with Gasteiger partial charge in [0.05, 0.1) is 18.8 Å². The Morgan fingerprint density at radius 3 is 2.32 bits per heavy atom. The molecule has 0 unspecified atom stereocenters. The van der Waals surface area contributed by atoms with Gasteiger partial charge in [0.25, 0.3) is 0 Å². The number of nitrogens with zero attached hydrogens (tertiary/aromatic N) is 2. The lowest BCUT2D eigenvalue weighted by molar-refractivity contribution is -0.157. The topological polar surface area (TPSA) is 106 Å². The van der Waals surface area contributed by atoms with Gasteiger partial charge in [-0.15, -0.1) is 0 Å². The fourth-order valence-corrected chi connectivity index (χ4v) is 3.24. The van der Waals surface area contributed by atoms with Crippen LogP contribution < -0.4 is 0 Å². The summed E-state index contributed by atoms with van der Waals surface area (Å²) < 4.78 is 16.0. The number of esters is 1. The second-order valence-corrected chi connectivity index (χ2v) is 8.69. The van der Waals surface area contributed by atoms with E-state index in [0.29, 0.717) is 0 Å². The van der Waals surface area contributed by atoms with Gasteiger partial charge in [-0.25, -0.2) is 14.4 Å². The first-order valence-electron chi connectivity index (χ1n) is 10.3. The molecule has 1 aromatic rings. The molecule has 1 saturated heterocycles. The molecule has 1 aromatic carbocycles. The number of hydrogen-bond acceptors (Lipinski definition) is 7. The van der Waals surface area contributed by atoms with Crippen molar-refractivity contribution in [3.05, 3.63) is 35.9 Å². The molecule has 9 nitrogen and oxygen atoms in total. The predicted molar refractivity (Wildman–Crippen MR) is 112 cm³/mol. The summed E-state index contributed by atoms with van der Waals surface area (Å²) in [4.78, 5) is 40.7. The molecule has 0 saturated carbocycles. The minimum absolute atomic E-state index is 0.0258. The maximum atomic E-state index is 12.9. The summed E-state index contributed by atoms with van der Waals surface area (Å²) in [5.41, 5.74) is -1.14. The van der Waals surface area contributed by atoms with E-state index >= 15 is 0 Å². The van der Waals surface area contributed by atoms with Crippen LogP contribution in [0.5, 0.6) is 0 Å². The van der Waals surface area contributed by atoms with Gasteiger partial charge >= 0.3 is 18.2 Å². The molecule has 1 heterocycles. The molecule has 2 amide bonds. The molecule has 172 valence electrons. The third kappa shape index (κ3) is 6.33. The monoisotopic (exact) mass is 436 g/mol. The second-order valence-electron chi connectivity index (χ2n) is 8.69. The molecule has 0 radical (unpaired) electrons. The van der Waals surface area contributed by atoms with Crippen LogP contribution in [-0.4, -0.2) is 70.1 Å². The average Bonchev–Trinajstić information content (AvgIpc) is 2.71. The lowest BCUT2D eigenvalue weighted by atomic mass is 9.89. The van der Waals surface area contributed by atoms with Crippen molar-refractivity contribution in [3.8, 4) is 0 Å². The third-order valence-electron chi connectivity index (χ3n) is 4.91. The highest BCUT2D eigenvalue weighted by Gasteiger charge is 2.50. The number of ether oxygens (including phenoxy) is 3. The molecule has 1 N–H and O–H groups in total. The lowest BCUT2D eigenvalue weighted by Gasteiger charge is -2.49. The first-order valence-corrected chi connectivity index (χ1v) is 10.3. The number of aliphatic hydroxyl groups excluding tert-OH is 1. The number of carbonyl (C=O) groups excluding carboxylic acids is 3.